The summed E-state index contributed by atoms with van der Waals surface area (Å²) in [4.78, 5) is 55.6. The molecule has 120 heavy (non-hydrogen) atoms. The molecule has 0 atom stereocenters. The maximum absolute atomic E-state index is 5.23. The molecule has 23 aromatic rings. The van der Waals surface area contributed by atoms with Crippen molar-refractivity contribution in [2.45, 2.75) is 0 Å². The average Bonchev–Trinajstić information content (AvgIpc) is 0.769. The number of benzene rings is 13. The van der Waals surface area contributed by atoms with Crippen molar-refractivity contribution in [2.24, 2.45) is 0 Å². The van der Waals surface area contributed by atoms with Crippen molar-refractivity contribution in [1.29, 1.82) is 0 Å². The highest BCUT2D eigenvalue weighted by Crippen LogP contribution is 2.39. The molecule has 10 aromatic heterocycles. The van der Waals surface area contributed by atoms with Crippen molar-refractivity contribution in [2.75, 3.05) is 0 Å². The highest BCUT2D eigenvalue weighted by Gasteiger charge is 2.18. The third-order valence-electron chi connectivity index (χ3n) is 22.6. The molecule has 11 nitrogen and oxygen atoms in total. The van der Waals surface area contributed by atoms with E-state index in [0.717, 1.165) is 227 Å². The summed E-state index contributed by atoms with van der Waals surface area (Å²) in [5.74, 6) is 0.661. The molecule has 558 valence electrons. The summed E-state index contributed by atoms with van der Waals surface area (Å²) in [7, 11) is 0. The molecule has 13 aromatic carbocycles. The zero-order valence-electron chi connectivity index (χ0n) is 64.6. The molecule has 0 N–H and O–H groups in total. The van der Waals surface area contributed by atoms with Crippen LogP contribution in [-0.2, 0) is 0 Å². The Morgan fingerprint density at radius 2 is 0.450 bits per heavy atom. The number of nitrogens with zero attached hydrogens (tertiary/aromatic N) is 11. The van der Waals surface area contributed by atoms with Crippen molar-refractivity contribution in [1.82, 2.24) is 54.8 Å². The zero-order chi connectivity index (χ0) is 79.4. The van der Waals surface area contributed by atoms with Gasteiger partial charge >= 0.3 is 0 Å². The Kier molecular flexibility index (Phi) is 17.6. The Morgan fingerprint density at radius 3 is 0.908 bits per heavy atom. The monoisotopic (exact) mass is 1530 g/mol. The molecule has 0 unspecified atom stereocenters. The van der Waals surface area contributed by atoms with Crippen molar-refractivity contribution >= 4 is 98.0 Å². The second-order valence-corrected chi connectivity index (χ2v) is 30.1. The Hall–Kier alpha value is -16.4. The fraction of sp³-hybridized carbons (Fsp3) is 0. The van der Waals surface area contributed by atoms with Crippen LogP contribution < -0.4 is 0 Å². The average molecular weight is 1530 g/mol. The van der Waals surface area contributed by atoms with Gasteiger partial charge in [0.1, 0.15) is 0 Å². The van der Waals surface area contributed by atoms with Crippen LogP contribution in [0, 0.1) is 0 Å². The number of aromatic nitrogens is 11. The van der Waals surface area contributed by atoms with Crippen molar-refractivity contribution in [3.05, 3.63) is 407 Å². The van der Waals surface area contributed by atoms with Gasteiger partial charge in [-0.1, -0.05) is 297 Å². The van der Waals surface area contributed by atoms with Gasteiger partial charge in [-0.15, -0.1) is 0 Å². The molecular formula is C109H67N11. The molecule has 23 rings (SSSR count). The Balaban J connectivity index is 0.000000145. The summed E-state index contributed by atoms with van der Waals surface area (Å²) < 4.78 is 0. The Morgan fingerprint density at radius 1 is 0.150 bits per heavy atom. The number of rotatable bonds is 12. The summed E-state index contributed by atoms with van der Waals surface area (Å²) in [5.41, 5.74) is 29.8. The van der Waals surface area contributed by atoms with E-state index < -0.39 is 0 Å². The van der Waals surface area contributed by atoms with E-state index in [1.165, 1.54) is 0 Å². The van der Waals surface area contributed by atoms with Gasteiger partial charge in [-0.3, -0.25) is 4.98 Å². The molecule has 0 radical (unpaired) electrons. The van der Waals surface area contributed by atoms with Gasteiger partial charge in [-0.25, -0.2) is 49.8 Å². The minimum atomic E-state index is 0.661. The molecule has 10 heterocycles. The van der Waals surface area contributed by atoms with E-state index >= 15 is 0 Å². The van der Waals surface area contributed by atoms with E-state index in [4.69, 9.17) is 49.8 Å². The van der Waals surface area contributed by atoms with E-state index in [1.807, 2.05) is 109 Å². The second kappa shape index (κ2) is 30.1. The largest absolute Gasteiger partial charge is 0.264 e. The number of pyridine rings is 9. The number of hydrogen-bond donors (Lipinski definition) is 0. The minimum Gasteiger partial charge on any atom is -0.264 e. The smallest absolute Gasteiger partial charge is 0.160 e. The normalized spacial score (nSPS) is 11.5. The maximum Gasteiger partial charge on any atom is 0.160 e. The van der Waals surface area contributed by atoms with E-state index in [0.29, 0.717) is 5.82 Å². The predicted molar refractivity (Wildman–Crippen MR) is 491 cm³/mol. The van der Waals surface area contributed by atoms with Gasteiger partial charge in [0.05, 0.1) is 101 Å². The Bertz CT molecular complexity index is 7920. The topological polar surface area (TPSA) is 142 Å². The molecule has 0 amide bonds. The van der Waals surface area contributed by atoms with E-state index in [9.17, 15) is 0 Å². The molecule has 0 saturated carbocycles. The molecule has 0 saturated heterocycles. The lowest BCUT2D eigenvalue weighted by atomic mass is 9.99. The van der Waals surface area contributed by atoms with Crippen LogP contribution in [0.1, 0.15) is 0 Å². The molecule has 0 bridgehead atoms. The third-order valence-corrected chi connectivity index (χ3v) is 22.6. The molecular weight excluding hydrogens is 1460 g/mol. The zero-order valence-corrected chi connectivity index (χ0v) is 64.6. The van der Waals surface area contributed by atoms with Crippen LogP contribution in [0.5, 0.6) is 0 Å². The third kappa shape index (κ3) is 13.6. The summed E-state index contributed by atoms with van der Waals surface area (Å²) in [6, 6.07) is 136. The number of fused-ring (bicyclic) bond motifs is 11. The highest BCUT2D eigenvalue weighted by molar-refractivity contribution is 6.06. The van der Waals surface area contributed by atoms with Crippen molar-refractivity contribution in [3.63, 3.8) is 0 Å². The van der Waals surface area contributed by atoms with Gasteiger partial charge in [-0.05, 0) is 125 Å². The summed E-state index contributed by atoms with van der Waals surface area (Å²) in [5, 5.41) is 10.8. The van der Waals surface area contributed by atoms with Gasteiger partial charge in [0.25, 0.3) is 0 Å². The number of hydrogen-bond acceptors (Lipinski definition) is 11. The van der Waals surface area contributed by atoms with Crippen LogP contribution in [0.25, 0.3) is 233 Å². The van der Waals surface area contributed by atoms with E-state index in [-0.39, 0.29) is 0 Å². The van der Waals surface area contributed by atoms with Crippen LogP contribution in [0.2, 0.25) is 0 Å². The quantitative estimate of drug-likeness (QED) is 0.108. The van der Waals surface area contributed by atoms with E-state index in [1.54, 1.807) is 0 Å². The van der Waals surface area contributed by atoms with Crippen molar-refractivity contribution < 1.29 is 0 Å². The predicted octanol–water partition coefficient (Wildman–Crippen LogP) is 27.1. The van der Waals surface area contributed by atoms with Gasteiger partial charge in [-0.2, -0.15) is 0 Å². The van der Waals surface area contributed by atoms with Crippen LogP contribution in [0.4, 0.5) is 0 Å². The summed E-state index contributed by atoms with van der Waals surface area (Å²) >= 11 is 0. The van der Waals surface area contributed by atoms with Crippen LogP contribution in [0.15, 0.2) is 407 Å². The van der Waals surface area contributed by atoms with Crippen molar-refractivity contribution in [3.8, 4) is 135 Å². The lowest BCUT2D eigenvalue weighted by molar-refractivity contribution is 1.17. The van der Waals surface area contributed by atoms with Crippen LogP contribution >= 0.6 is 0 Å². The first-order chi connectivity index (χ1) is 59.3. The first-order valence-corrected chi connectivity index (χ1v) is 40.1. The minimum absolute atomic E-state index is 0.661. The molecule has 11 heteroatoms. The molecule has 0 aliphatic heterocycles. The summed E-state index contributed by atoms with van der Waals surface area (Å²) in [6.45, 7) is 0. The lowest BCUT2D eigenvalue weighted by Gasteiger charge is -2.11. The molecule has 0 fully saturated rings. The Labute approximate surface area is 690 Å². The standard InChI is InChI=1S/C58H36N6.C51H31N5/c1-4-11-37(12-5-1)48-30-27-41-21-22-42-28-31-50(62-57(42)56(41)61-48)46-18-10-17-44(33-46)45-23-19-39-25-29-49(59-52(39)34-45)47-24-20-40-26-32-51(60-53(40)35-47)55-36-54(38-13-6-2-7-14-38)63-58(64-55)43-15-8-3-9-16-43;1-2-6-32(7-3-1)44-23-20-35-14-15-36-21-24-46(56-51(36)50(35)55-44)39-9-4-8-37(28-39)38-16-12-33-18-22-45(53-48(33)29-38)40-17-13-34-19-25-47(54-49(34)30-40)43-11-5-10-41-31-52-27-26-42(41)43/h1-36H;1-31H. The second-order valence-electron chi connectivity index (χ2n) is 30.1. The molecule has 0 spiro atoms. The highest BCUT2D eigenvalue weighted by atomic mass is 14.9. The fourth-order valence-corrected chi connectivity index (χ4v) is 16.3. The first-order valence-electron chi connectivity index (χ1n) is 40.1. The van der Waals surface area contributed by atoms with E-state index in [2.05, 4.69) is 302 Å². The van der Waals surface area contributed by atoms with Crippen LogP contribution in [-0.4, -0.2) is 54.8 Å². The van der Waals surface area contributed by atoms with Crippen LogP contribution in [0.3, 0.4) is 0 Å². The van der Waals surface area contributed by atoms with Gasteiger partial charge in [0, 0.05) is 111 Å². The SMILES string of the molecule is c1ccc(-c2cc(-c3ccc4ccc(-c5ccc6ccc(-c7cccc(-c8ccc9ccc%10ccc(-c%11ccccc%11)nc%10c9n8)c7)cc6n5)cc4n3)nc(-c3ccccc3)n2)cc1.c1ccc(-c2ccc3ccc4ccc(-c5cccc(-c6ccc7ccc(-c8ccc9ccc(-c%10cccc%11cnccc%10%11)nc9c8)nc7c6)c5)nc4c3n2)cc1. The molecule has 0 aliphatic carbocycles. The maximum atomic E-state index is 5.23. The van der Waals surface area contributed by atoms with Gasteiger partial charge in [0.15, 0.2) is 5.82 Å². The van der Waals surface area contributed by atoms with Gasteiger partial charge in [0.2, 0.25) is 0 Å². The first kappa shape index (κ1) is 70.3. The lowest BCUT2D eigenvalue weighted by Crippen LogP contribution is -1.97. The van der Waals surface area contributed by atoms with Gasteiger partial charge < -0.3 is 0 Å². The molecule has 0 aliphatic rings. The summed E-state index contributed by atoms with van der Waals surface area (Å²) in [6.07, 6.45) is 3.73. The fourth-order valence-electron chi connectivity index (χ4n) is 16.3.